The molecular weight excluding hydrogens is 317 g/mol. The van der Waals surface area contributed by atoms with Gasteiger partial charge in [-0.05, 0) is 63.8 Å². The van der Waals surface area contributed by atoms with Gasteiger partial charge in [0.05, 0.1) is 13.3 Å². The van der Waals surface area contributed by atoms with Crippen molar-refractivity contribution in [2.75, 3.05) is 20.2 Å². The van der Waals surface area contributed by atoms with Crippen LogP contribution in [0.4, 0.5) is 4.39 Å². The molecule has 5 heteroatoms. The van der Waals surface area contributed by atoms with Crippen molar-refractivity contribution in [2.24, 2.45) is 5.92 Å². The standard InChI is InChI=1S/C20H26FN3O/c1-13-7-17(8-14(2)23-13)9-16-5-6-24(12-16)15(3)18-10-20(25-4)22-11-19(18)21/h7-8,10-11,15-16H,5-6,9,12H2,1-4H3/t15?,16-/m0/s1. The smallest absolute Gasteiger partial charge is 0.213 e. The molecule has 1 unspecified atom stereocenters. The zero-order valence-corrected chi connectivity index (χ0v) is 15.4. The maximum atomic E-state index is 14.2. The zero-order valence-electron chi connectivity index (χ0n) is 15.4. The summed E-state index contributed by atoms with van der Waals surface area (Å²) in [5, 5.41) is 0. The molecule has 2 atom stereocenters. The Kier molecular flexibility index (Phi) is 5.33. The fourth-order valence-corrected chi connectivity index (χ4v) is 3.82. The minimum atomic E-state index is -0.267. The second-order valence-electron chi connectivity index (χ2n) is 7.04. The summed E-state index contributed by atoms with van der Waals surface area (Å²) in [6, 6.07) is 6.07. The number of nitrogens with zero attached hydrogens (tertiary/aromatic N) is 3. The molecule has 1 aliphatic heterocycles. The zero-order chi connectivity index (χ0) is 18.0. The number of hydrogen-bond acceptors (Lipinski definition) is 4. The molecule has 4 nitrogen and oxygen atoms in total. The summed E-state index contributed by atoms with van der Waals surface area (Å²) >= 11 is 0. The van der Waals surface area contributed by atoms with E-state index >= 15 is 0 Å². The number of hydrogen-bond donors (Lipinski definition) is 0. The van der Waals surface area contributed by atoms with Gasteiger partial charge in [0.15, 0.2) is 0 Å². The molecule has 25 heavy (non-hydrogen) atoms. The normalized spacial score (nSPS) is 19.2. The fourth-order valence-electron chi connectivity index (χ4n) is 3.82. The summed E-state index contributed by atoms with van der Waals surface area (Å²) in [6.07, 6.45) is 3.44. The van der Waals surface area contributed by atoms with E-state index < -0.39 is 0 Å². The van der Waals surface area contributed by atoms with Gasteiger partial charge in [-0.1, -0.05) is 0 Å². The molecule has 1 fully saturated rings. The van der Waals surface area contributed by atoms with E-state index in [0.717, 1.165) is 37.3 Å². The SMILES string of the molecule is COc1cc(C(C)N2CC[C@@H](Cc3cc(C)nc(C)c3)C2)c(F)cn1. The highest BCUT2D eigenvalue weighted by Gasteiger charge is 2.28. The largest absolute Gasteiger partial charge is 0.481 e. The molecule has 3 heterocycles. The van der Waals surface area contributed by atoms with Gasteiger partial charge in [-0.3, -0.25) is 9.88 Å². The van der Waals surface area contributed by atoms with Crippen LogP contribution in [-0.2, 0) is 6.42 Å². The van der Waals surface area contributed by atoms with Crippen molar-refractivity contribution in [3.63, 3.8) is 0 Å². The predicted molar refractivity (Wildman–Crippen MR) is 96.3 cm³/mol. The van der Waals surface area contributed by atoms with E-state index in [1.54, 1.807) is 13.2 Å². The Bertz CT molecular complexity index is 729. The number of likely N-dealkylation sites (tertiary alicyclic amines) is 1. The van der Waals surface area contributed by atoms with Crippen molar-refractivity contribution in [1.29, 1.82) is 0 Å². The average molecular weight is 343 g/mol. The summed E-state index contributed by atoms with van der Waals surface area (Å²) in [6.45, 7) is 8.10. The summed E-state index contributed by atoms with van der Waals surface area (Å²) in [5.74, 6) is 0.786. The van der Waals surface area contributed by atoms with Gasteiger partial charge in [-0.2, -0.15) is 0 Å². The number of ether oxygens (including phenoxy) is 1. The van der Waals surface area contributed by atoms with E-state index in [4.69, 9.17) is 4.74 Å². The Hall–Kier alpha value is -2.01. The molecule has 3 rings (SSSR count). The molecule has 0 aliphatic carbocycles. The van der Waals surface area contributed by atoms with Gasteiger partial charge in [0.2, 0.25) is 5.88 Å². The average Bonchev–Trinajstić information content (AvgIpc) is 3.02. The van der Waals surface area contributed by atoms with E-state index in [1.165, 1.54) is 11.8 Å². The van der Waals surface area contributed by atoms with Gasteiger partial charge in [0.25, 0.3) is 0 Å². The summed E-state index contributed by atoms with van der Waals surface area (Å²) in [4.78, 5) is 10.7. The van der Waals surface area contributed by atoms with Gasteiger partial charge < -0.3 is 4.74 Å². The molecule has 2 aromatic heterocycles. The minimum absolute atomic E-state index is 0.0165. The Morgan fingerprint density at radius 3 is 2.68 bits per heavy atom. The first kappa shape index (κ1) is 17.8. The lowest BCUT2D eigenvalue weighted by molar-refractivity contribution is 0.246. The highest BCUT2D eigenvalue weighted by atomic mass is 19.1. The topological polar surface area (TPSA) is 38.2 Å². The highest BCUT2D eigenvalue weighted by molar-refractivity contribution is 5.25. The van der Waals surface area contributed by atoms with E-state index in [9.17, 15) is 4.39 Å². The van der Waals surface area contributed by atoms with E-state index in [2.05, 4.69) is 33.9 Å². The van der Waals surface area contributed by atoms with Crippen LogP contribution in [-0.4, -0.2) is 35.1 Å². The maximum Gasteiger partial charge on any atom is 0.213 e. The van der Waals surface area contributed by atoms with E-state index in [0.29, 0.717) is 17.4 Å². The Morgan fingerprint density at radius 2 is 2.00 bits per heavy atom. The van der Waals surface area contributed by atoms with Crippen LogP contribution in [0.3, 0.4) is 0 Å². The van der Waals surface area contributed by atoms with Crippen LogP contribution in [0.2, 0.25) is 0 Å². The summed E-state index contributed by atoms with van der Waals surface area (Å²) < 4.78 is 19.3. The van der Waals surface area contributed by atoms with Crippen LogP contribution in [0.15, 0.2) is 24.4 Å². The van der Waals surface area contributed by atoms with Crippen molar-refractivity contribution >= 4 is 0 Å². The predicted octanol–water partition coefficient (Wildman–Crippen LogP) is 3.87. The molecule has 0 radical (unpaired) electrons. The van der Waals surface area contributed by atoms with Crippen molar-refractivity contribution in [2.45, 2.75) is 39.7 Å². The van der Waals surface area contributed by atoms with Crippen molar-refractivity contribution in [1.82, 2.24) is 14.9 Å². The third-order valence-electron chi connectivity index (χ3n) is 5.05. The molecular formula is C20H26FN3O. The lowest BCUT2D eigenvalue weighted by Gasteiger charge is -2.25. The van der Waals surface area contributed by atoms with E-state index in [1.807, 2.05) is 13.8 Å². The van der Waals surface area contributed by atoms with Crippen LogP contribution < -0.4 is 4.74 Å². The first-order valence-corrected chi connectivity index (χ1v) is 8.84. The number of aromatic nitrogens is 2. The van der Waals surface area contributed by atoms with Crippen LogP contribution in [0.1, 0.15) is 41.9 Å². The molecule has 1 saturated heterocycles. The van der Waals surface area contributed by atoms with Crippen LogP contribution >= 0.6 is 0 Å². The molecule has 134 valence electrons. The fraction of sp³-hybridized carbons (Fsp3) is 0.500. The third kappa shape index (κ3) is 4.15. The Balaban J connectivity index is 1.68. The summed E-state index contributed by atoms with van der Waals surface area (Å²) in [5.41, 5.74) is 4.15. The van der Waals surface area contributed by atoms with Crippen LogP contribution in [0.25, 0.3) is 0 Å². The molecule has 0 bridgehead atoms. The molecule has 0 saturated carbocycles. The number of pyridine rings is 2. The lowest BCUT2D eigenvalue weighted by Crippen LogP contribution is -2.25. The second-order valence-corrected chi connectivity index (χ2v) is 7.04. The van der Waals surface area contributed by atoms with E-state index in [-0.39, 0.29) is 11.9 Å². The number of rotatable bonds is 5. The molecule has 1 aliphatic rings. The first-order valence-electron chi connectivity index (χ1n) is 8.84. The van der Waals surface area contributed by atoms with Gasteiger partial charge in [0.1, 0.15) is 5.82 Å². The summed E-state index contributed by atoms with van der Waals surface area (Å²) in [7, 11) is 1.55. The van der Waals surface area contributed by atoms with Crippen molar-refractivity contribution in [3.8, 4) is 5.88 Å². The van der Waals surface area contributed by atoms with Crippen molar-refractivity contribution in [3.05, 3.63) is 52.7 Å². The lowest BCUT2D eigenvalue weighted by atomic mass is 9.98. The van der Waals surface area contributed by atoms with Gasteiger partial charge in [-0.15, -0.1) is 0 Å². The molecule has 2 aromatic rings. The van der Waals surface area contributed by atoms with Gasteiger partial charge in [-0.25, -0.2) is 9.37 Å². The molecule has 0 aromatic carbocycles. The number of halogens is 1. The van der Waals surface area contributed by atoms with Crippen LogP contribution in [0.5, 0.6) is 5.88 Å². The maximum absolute atomic E-state index is 14.2. The molecule has 0 amide bonds. The minimum Gasteiger partial charge on any atom is -0.481 e. The Morgan fingerprint density at radius 1 is 1.28 bits per heavy atom. The van der Waals surface area contributed by atoms with Gasteiger partial charge in [0, 0.05) is 35.6 Å². The number of aryl methyl sites for hydroxylation is 2. The van der Waals surface area contributed by atoms with Gasteiger partial charge >= 0.3 is 0 Å². The number of methoxy groups -OCH3 is 1. The first-order chi connectivity index (χ1) is 12.0. The monoisotopic (exact) mass is 343 g/mol. The van der Waals surface area contributed by atoms with Crippen LogP contribution in [0, 0.1) is 25.6 Å². The van der Waals surface area contributed by atoms with Crippen molar-refractivity contribution < 1.29 is 9.13 Å². The Labute approximate surface area is 149 Å². The second kappa shape index (κ2) is 7.48. The molecule has 0 spiro atoms. The quantitative estimate of drug-likeness (QED) is 0.826. The third-order valence-corrected chi connectivity index (χ3v) is 5.05. The highest BCUT2D eigenvalue weighted by Crippen LogP contribution is 2.31. The molecule has 0 N–H and O–H groups in total.